The van der Waals surface area contributed by atoms with E-state index >= 15 is 0 Å². The fourth-order valence-electron chi connectivity index (χ4n) is 2.71. The Morgan fingerprint density at radius 1 is 1.11 bits per heavy atom. The maximum atomic E-state index is 14.3. The summed E-state index contributed by atoms with van der Waals surface area (Å²) in [5, 5.41) is 13.3. The molecule has 0 aliphatic carbocycles. The van der Waals surface area contributed by atoms with Crippen molar-refractivity contribution in [1.29, 1.82) is 0 Å². The first-order valence-electron chi connectivity index (χ1n) is 9.39. The summed E-state index contributed by atoms with van der Waals surface area (Å²) in [5.74, 6) is 0.389. The Kier molecular flexibility index (Phi) is 6.92. The van der Waals surface area contributed by atoms with Gasteiger partial charge in [0, 0.05) is 18.2 Å². The average Bonchev–Trinajstić information content (AvgIpc) is 2.74. The molecule has 146 valence electrons. The van der Waals surface area contributed by atoms with Crippen LogP contribution in [-0.4, -0.2) is 28.2 Å². The molecule has 6 heteroatoms. The van der Waals surface area contributed by atoms with Crippen LogP contribution in [0.5, 0.6) is 5.75 Å². The van der Waals surface area contributed by atoms with E-state index in [9.17, 15) is 9.50 Å². The van der Waals surface area contributed by atoms with Gasteiger partial charge in [-0.05, 0) is 30.2 Å². The van der Waals surface area contributed by atoms with E-state index in [-0.39, 0.29) is 5.75 Å². The molecule has 0 aliphatic heterocycles. The van der Waals surface area contributed by atoms with Crippen LogP contribution in [0.1, 0.15) is 31.4 Å². The van der Waals surface area contributed by atoms with Crippen LogP contribution in [0, 0.1) is 5.82 Å². The summed E-state index contributed by atoms with van der Waals surface area (Å²) >= 11 is 0. The van der Waals surface area contributed by atoms with Crippen molar-refractivity contribution in [2.75, 3.05) is 18.5 Å². The fraction of sp³-hybridized carbons (Fsp3) is 0.273. The molecule has 0 saturated heterocycles. The summed E-state index contributed by atoms with van der Waals surface area (Å²) in [6, 6.07) is 15.9. The van der Waals surface area contributed by atoms with Gasteiger partial charge in [0.1, 0.15) is 12.1 Å². The number of aliphatic hydroxyl groups excluding tert-OH is 1. The van der Waals surface area contributed by atoms with Crippen LogP contribution in [0.15, 0.2) is 60.9 Å². The molecule has 0 unspecified atom stereocenters. The summed E-state index contributed by atoms with van der Waals surface area (Å²) in [4.78, 5) is 8.39. The summed E-state index contributed by atoms with van der Waals surface area (Å²) < 4.78 is 19.7. The first-order chi connectivity index (χ1) is 13.7. The lowest BCUT2D eigenvalue weighted by Gasteiger charge is -2.13. The molecule has 0 radical (unpaired) electrons. The maximum Gasteiger partial charge on any atom is 0.165 e. The van der Waals surface area contributed by atoms with Gasteiger partial charge >= 0.3 is 0 Å². The molecule has 0 fully saturated rings. The zero-order valence-corrected chi connectivity index (χ0v) is 15.8. The second kappa shape index (κ2) is 9.80. The maximum absolute atomic E-state index is 14.3. The number of unbranched alkanes of at least 4 members (excludes halogenated alkanes) is 1. The molecule has 0 spiro atoms. The van der Waals surface area contributed by atoms with Gasteiger partial charge in [-0.3, -0.25) is 0 Å². The number of halogens is 1. The zero-order chi connectivity index (χ0) is 19.8. The second-order valence-electron chi connectivity index (χ2n) is 6.44. The summed E-state index contributed by atoms with van der Waals surface area (Å²) in [5.41, 5.74) is 2.05. The number of nitrogens with zero attached hydrogens (tertiary/aromatic N) is 2. The molecule has 1 atom stereocenters. The lowest BCUT2D eigenvalue weighted by atomic mass is 10.1. The lowest BCUT2D eigenvalue weighted by molar-refractivity contribution is 0.191. The molecule has 28 heavy (non-hydrogen) atoms. The summed E-state index contributed by atoms with van der Waals surface area (Å²) in [7, 11) is 0. The number of anilines is 1. The molecule has 0 saturated carbocycles. The van der Waals surface area contributed by atoms with Gasteiger partial charge in [-0.25, -0.2) is 14.4 Å². The van der Waals surface area contributed by atoms with Crippen molar-refractivity contribution in [2.45, 2.75) is 25.9 Å². The number of hydrogen-bond acceptors (Lipinski definition) is 5. The first-order valence-corrected chi connectivity index (χ1v) is 9.39. The molecule has 5 nitrogen and oxygen atoms in total. The third-order valence-corrected chi connectivity index (χ3v) is 4.31. The van der Waals surface area contributed by atoms with Crippen LogP contribution >= 0.6 is 0 Å². The van der Waals surface area contributed by atoms with E-state index < -0.39 is 11.9 Å². The normalized spacial score (nSPS) is 11.8. The van der Waals surface area contributed by atoms with E-state index in [0.717, 1.165) is 18.4 Å². The average molecular weight is 381 g/mol. The van der Waals surface area contributed by atoms with Crippen molar-refractivity contribution in [1.82, 2.24) is 9.97 Å². The molecule has 0 amide bonds. The first kappa shape index (κ1) is 19.8. The standard InChI is InChI=1S/C22H24FN3O2/c1-2-3-11-28-21-10-9-17(12-18(21)23)19-13-22(26-15-25-19)24-14-20(27)16-7-5-4-6-8-16/h4-10,12-13,15,20,27H,2-3,11,14H2,1H3,(H,24,25,26)/t20-/m0/s1. The van der Waals surface area contributed by atoms with E-state index in [4.69, 9.17) is 4.74 Å². The number of aliphatic hydroxyl groups is 1. The van der Waals surface area contributed by atoms with Crippen LogP contribution in [0.3, 0.4) is 0 Å². The molecule has 1 aromatic heterocycles. The van der Waals surface area contributed by atoms with Gasteiger partial charge < -0.3 is 15.2 Å². The third-order valence-electron chi connectivity index (χ3n) is 4.31. The van der Waals surface area contributed by atoms with Gasteiger partial charge in [0.05, 0.1) is 18.4 Å². The molecule has 1 heterocycles. The van der Waals surface area contributed by atoms with E-state index in [1.54, 1.807) is 18.2 Å². The van der Waals surface area contributed by atoms with Gasteiger partial charge in [0.25, 0.3) is 0 Å². The minimum atomic E-state index is -0.656. The predicted octanol–water partition coefficient (Wildman–Crippen LogP) is 4.61. The predicted molar refractivity (Wildman–Crippen MR) is 108 cm³/mol. The van der Waals surface area contributed by atoms with Crippen molar-refractivity contribution in [2.24, 2.45) is 0 Å². The Labute approximate surface area is 164 Å². The van der Waals surface area contributed by atoms with E-state index in [1.165, 1.54) is 12.4 Å². The summed E-state index contributed by atoms with van der Waals surface area (Å²) in [6.07, 6.45) is 2.64. The lowest BCUT2D eigenvalue weighted by Crippen LogP contribution is -2.13. The van der Waals surface area contributed by atoms with Crippen LogP contribution in [0.25, 0.3) is 11.3 Å². The Morgan fingerprint density at radius 3 is 2.68 bits per heavy atom. The highest BCUT2D eigenvalue weighted by Crippen LogP contribution is 2.25. The number of rotatable bonds is 9. The zero-order valence-electron chi connectivity index (χ0n) is 15.8. The monoisotopic (exact) mass is 381 g/mol. The van der Waals surface area contributed by atoms with Crippen molar-refractivity contribution in [3.8, 4) is 17.0 Å². The number of aromatic nitrogens is 2. The quantitative estimate of drug-likeness (QED) is 0.530. The minimum absolute atomic E-state index is 0.246. The van der Waals surface area contributed by atoms with Crippen molar-refractivity contribution in [3.63, 3.8) is 0 Å². The highest BCUT2D eigenvalue weighted by atomic mass is 19.1. The molecule has 3 rings (SSSR count). The summed E-state index contributed by atoms with van der Waals surface area (Å²) in [6.45, 7) is 2.86. The second-order valence-corrected chi connectivity index (χ2v) is 6.44. The smallest absolute Gasteiger partial charge is 0.165 e. The Morgan fingerprint density at radius 2 is 1.93 bits per heavy atom. The molecule has 0 bridgehead atoms. The third kappa shape index (κ3) is 5.27. The fourth-order valence-corrected chi connectivity index (χ4v) is 2.71. The molecule has 3 aromatic rings. The molecular weight excluding hydrogens is 357 g/mol. The highest BCUT2D eigenvalue weighted by molar-refractivity contribution is 5.63. The number of hydrogen-bond donors (Lipinski definition) is 2. The van der Waals surface area contributed by atoms with Crippen LogP contribution in [0.4, 0.5) is 10.2 Å². The Bertz CT molecular complexity index is 890. The van der Waals surface area contributed by atoms with E-state index in [2.05, 4.69) is 22.2 Å². The van der Waals surface area contributed by atoms with Crippen molar-refractivity contribution < 1.29 is 14.2 Å². The Hall–Kier alpha value is -2.99. The van der Waals surface area contributed by atoms with Gasteiger partial charge in [0.15, 0.2) is 11.6 Å². The topological polar surface area (TPSA) is 67.3 Å². The van der Waals surface area contributed by atoms with E-state index in [0.29, 0.717) is 30.2 Å². The van der Waals surface area contributed by atoms with Gasteiger partial charge in [0.2, 0.25) is 0 Å². The van der Waals surface area contributed by atoms with E-state index in [1.807, 2.05) is 30.3 Å². The molecular formula is C22H24FN3O2. The Balaban J connectivity index is 1.66. The molecule has 2 N–H and O–H groups in total. The van der Waals surface area contributed by atoms with Crippen LogP contribution < -0.4 is 10.1 Å². The SMILES string of the molecule is CCCCOc1ccc(-c2cc(NC[C@H](O)c3ccccc3)ncn2)cc1F. The van der Waals surface area contributed by atoms with Crippen molar-refractivity contribution in [3.05, 3.63) is 72.3 Å². The largest absolute Gasteiger partial charge is 0.491 e. The van der Waals surface area contributed by atoms with Crippen LogP contribution in [0.2, 0.25) is 0 Å². The van der Waals surface area contributed by atoms with Crippen LogP contribution in [-0.2, 0) is 0 Å². The number of benzene rings is 2. The number of nitrogens with one attached hydrogen (secondary N) is 1. The van der Waals surface area contributed by atoms with Gasteiger partial charge in [-0.2, -0.15) is 0 Å². The molecule has 0 aliphatic rings. The number of ether oxygens (including phenoxy) is 1. The molecule has 2 aromatic carbocycles. The van der Waals surface area contributed by atoms with Gasteiger partial charge in [-0.15, -0.1) is 0 Å². The van der Waals surface area contributed by atoms with Gasteiger partial charge in [-0.1, -0.05) is 43.7 Å². The van der Waals surface area contributed by atoms with Crippen molar-refractivity contribution >= 4 is 5.82 Å². The highest BCUT2D eigenvalue weighted by Gasteiger charge is 2.10. The minimum Gasteiger partial charge on any atom is -0.491 e.